The van der Waals surface area contributed by atoms with Crippen LogP contribution in [0.15, 0.2) is 12.3 Å². The molecule has 2 nitrogen and oxygen atoms in total. The van der Waals surface area contributed by atoms with Gasteiger partial charge in [-0.05, 0) is 11.9 Å². The average Bonchev–Trinajstić information content (AvgIpc) is 1.86. The van der Waals surface area contributed by atoms with Crippen molar-refractivity contribution in [2.24, 2.45) is 5.84 Å². The number of hydrogen-bond donors (Lipinski definition) is 1. The lowest BCUT2D eigenvalue weighted by Gasteiger charge is -2.00. The summed E-state index contributed by atoms with van der Waals surface area (Å²) < 4.78 is 1.60. The van der Waals surface area contributed by atoms with E-state index in [0.717, 1.165) is 5.75 Å². The van der Waals surface area contributed by atoms with Crippen LogP contribution in [0.1, 0.15) is 0 Å². The van der Waals surface area contributed by atoms with Gasteiger partial charge in [0.05, 0.1) is 0 Å². The number of hydrogen-bond acceptors (Lipinski definition) is 3. The van der Waals surface area contributed by atoms with Crippen LogP contribution in [0.4, 0.5) is 0 Å². The third kappa shape index (κ3) is 0.666. The van der Waals surface area contributed by atoms with E-state index in [1.165, 1.54) is 0 Å². The van der Waals surface area contributed by atoms with Gasteiger partial charge in [0.2, 0.25) is 0 Å². The zero-order valence-electron chi connectivity index (χ0n) is 3.29. The van der Waals surface area contributed by atoms with Crippen molar-refractivity contribution >= 4 is 11.9 Å². The molecular formula is C3H6N2S. The minimum atomic E-state index is 1.02. The molecule has 1 rings (SSSR count). The lowest BCUT2D eigenvalue weighted by Crippen LogP contribution is -2.12. The second-order valence-electron chi connectivity index (χ2n) is 1.04. The Morgan fingerprint density at radius 2 is 2.67 bits per heavy atom. The summed E-state index contributed by atoms with van der Waals surface area (Å²) in [5.74, 6) is 6.27. The van der Waals surface area contributed by atoms with Crippen molar-refractivity contribution in [2.45, 2.75) is 0 Å². The predicted octanol–water partition coefficient (Wildman–Crippen LogP) is 0.338. The Morgan fingerprint density at radius 1 is 1.83 bits per heavy atom. The Bertz CT molecular complexity index is 71.2. The summed E-state index contributed by atoms with van der Waals surface area (Å²) in [6.07, 6.45) is 3.87. The van der Waals surface area contributed by atoms with Crippen LogP contribution in [-0.4, -0.2) is 10.2 Å². The molecule has 0 aliphatic carbocycles. The first-order chi connectivity index (χ1) is 2.89. The van der Waals surface area contributed by atoms with Gasteiger partial charge in [-0.25, -0.2) is 5.84 Å². The van der Waals surface area contributed by atoms with Gasteiger partial charge in [0.1, 0.15) is 0 Å². The Labute approximate surface area is 41.1 Å². The van der Waals surface area contributed by atoms with E-state index in [4.69, 9.17) is 5.84 Å². The first kappa shape index (κ1) is 4.02. The zero-order valence-corrected chi connectivity index (χ0v) is 4.11. The normalized spacial score (nSPS) is 19.8. The third-order valence-corrected chi connectivity index (χ3v) is 1.33. The van der Waals surface area contributed by atoms with E-state index < -0.39 is 0 Å². The SMILES string of the molecule is NN1C=CCS1. The van der Waals surface area contributed by atoms with Gasteiger partial charge in [0, 0.05) is 12.0 Å². The Kier molecular flexibility index (Phi) is 1.03. The molecule has 0 fully saturated rings. The molecule has 0 amide bonds. The Hall–Kier alpha value is -0.150. The highest BCUT2D eigenvalue weighted by Gasteiger charge is 1.94. The van der Waals surface area contributed by atoms with E-state index in [9.17, 15) is 0 Å². The van der Waals surface area contributed by atoms with Gasteiger partial charge in [0.15, 0.2) is 0 Å². The highest BCUT2D eigenvalue weighted by molar-refractivity contribution is 7.97. The molecule has 0 aromatic rings. The summed E-state index contributed by atoms with van der Waals surface area (Å²) >= 11 is 1.60. The fraction of sp³-hybridized carbons (Fsp3) is 0.333. The fourth-order valence-corrected chi connectivity index (χ4v) is 0.835. The standard InChI is InChI=1S/C3H6N2S/c4-5-2-1-3-6-5/h1-2H,3-4H2. The minimum Gasteiger partial charge on any atom is -0.261 e. The van der Waals surface area contributed by atoms with Crippen molar-refractivity contribution in [1.29, 1.82) is 0 Å². The second-order valence-corrected chi connectivity index (χ2v) is 2.05. The molecule has 0 spiro atoms. The fourth-order valence-electron chi connectivity index (χ4n) is 0.319. The maximum atomic E-state index is 5.24. The molecule has 2 N–H and O–H groups in total. The molecule has 0 aromatic carbocycles. The molecule has 3 heteroatoms. The van der Waals surface area contributed by atoms with Crippen LogP contribution in [0.3, 0.4) is 0 Å². The summed E-state index contributed by atoms with van der Waals surface area (Å²) in [5.41, 5.74) is 0. The van der Waals surface area contributed by atoms with E-state index in [1.54, 1.807) is 16.4 Å². The van der Waals surface area contributed by atoms with Crippen LogP contribution in [-0.2, 0) is 0 Å². The van der Waals surface area contributed by atoms with Gasteiger partial charge < -0.3 is 0 Å². The summed E-state index contributed by atoms with van der Waals surface area (Å²) in [6, 6.07) is 0. The Balaban J connectivity index is 2.38. The van der Waals surface area contributed by atoms with Crippen molar-refractivity contribution in [3.8, 4) is 0 Å². The highest BCUT2D eigenvalue weighted by atomic mass is 32.2. The van der Waals surface area contributed by atoms with E-state index in [0.29, 0.717) is 0 Å². The third-order valence-electron chi connectivity index (χ3n) is 0.572. The summed E-state index contributed by atoms with van der Waals surface area (Å²) in [5, 5.41) is 0. The smallest absolute Gasteiger partial charge is 0.0346 e. The first-order valence-electron chi connectivity index (χ1n) is 1.73. The maximum Gasteiger partial charge on any atom is 0.0346 e. The lowest BCUT2D eigenvalue weighted by atomic mass is 10.7. The van der Waals surface area contributed by atoms with Gasteiger partial charge in [0.25, 0.3) is 0 Å². The molecule has 34 valence electrons. The van der Waals surface area contributed by atoms with Gasteiger partial charge >= 0.3 is 0 Å². The van der Waals surface area contributed by atoms with Crippen molar-refractivity contribution in [3.63, 3.8) is 0 Å². The van der Waals surface area contributed by atoms with E-state index >= 15 is 0 Å². The summed E-state index contributed by atoms with van der Waals surface area (Å²) in [4.78, 5) is 0. The number of nitrogens with zero attached hydrogens (tertiary/aromatic N) is 1. The molecule has 0 saturated carbocycles. The van der Waals surface area contributed by atoms with Gasteiger partial charge in [-0.2, -0.15) is 0 Å². The quantitative estimate of drug-likeness (QED) is 0.353. The van der Waals surface area contributed by atoms with Crippen molar-refractivity contribution in [2.75, 3.05) is 5.75 Å². The first-order valence-corrected chi connectivity index (χ1v) is 2.67. The second kappa shape index (κ2) is 1.53. The van der Waals surface area contributed by atoms with Crippen LogP contribution < -0.4 is 5.84 Å². The van der Waals surface area contributed by atoms with E-state index in [1.807, 2.05) is 12.3 Å². The van der Waals surface area contributed by atoms with Crippen molar-refractivity contribution in [3.05, 3.63) is 12.3 Å². The molecule has 6 heavy (non-hydrogen) atoms. The predicted molar refractivity (Wildman–Crippen MR) is 27.6 cm³/mol. The summed E-state index contributed by atoms with van der Waals surface area (Å²) in [6.45, 7) is 0. The van der Waals surface area contributed by atoms with E-state index in [2.05, 4.69) is 0 Å². The van der Waals surface area contributed by atoms with Crippen molar-refractivity contribution < 1.29 is 0 Å². The molecule has 0 aromatic heterocycles. The van der Waals surface area contributed by atoms with Gasteiger partial charge in [-0.15, -0.1) is 0 Å². The number of nitrogens with two attached hydrogens (primary N) is 1. The van der Waals surface area contributed by atoms with Crippen LogP contribution in [0.25, 0.3) is 0 Å². The minimum absolute atomic E-state index is 1.02. The average molecular weight is 102 g/mol. The topological polar surface area (TPSA) is 29.3 Å². The van der Waals surface area contributed by atoms with Crippen LogP contribution >= 0.6 is 11.9 Å². The molecule has 0 bridgehead atoms. The zero-order chi connectivity index (χ0) is 4.41. The van der Waals surface area contributed by atoms with Crippen LogP contribution in [0, 0.1) is 0 Å². The molecule has 0 unspecified atom stereocenters. The molecule has 0 atom stereocenters. The molecule has 1 heterocycles. The van der Waals surface area contributed by atoms with Crippen molar-refractivity contribution in [1.82, 2.24) is 4.41 Å². The van der Waals surface area contributed by atoms with Gasteiger partial charge in [-0.3, -0.25) is 4.41 Å². The highest BCUT2D eigenvalue weighted by Crippen LogP contribution is 2.10. The molecule has 0 radical (unpaired) electrons. The number of hydrazine groups is 1. The lowest BCUT2D eigenvalue weighted by molar-refractivity contribution is 0.683. The van der Waals surface area contributed by atoms with E-state index in [-0.39, 0.29) is 0 Å². The van der Waals surface area contributed by atoms with Crippen LogP contribution in [0.2, 0.25) is 0 Å². The molecule has 1 aliphatic heterocycles. The molecular weight excluding hydrogens is 96.1 g/mol. The molecule has 1 aliphatic rings. The van der Waals surface area contributed by atoms with Gasteiger partial charge in [-0.1, -0.05) is 6.08 Å². The monoisotopic (exact) mass is 102 g/mol. The molecule has 0 saturated heterocycles. The summed E-state index contributed by atoms with van der Waals surface area (Å²) in [7, 11) is 0. The van der Waals surface area contributed by atoms with Crippen LogP contribution in [0.5, 0.6) is 0 Å². The maximum absolute atomic E-state index is 5.24. The Morgan fingerprint density at radius 3 is 2.83 bits per heavy atom. The largest absolute Gasteiger partial charge is 0.261 e. The number of rotatable bonds is 0.